The largest absolute Gasteiger partial charge is 0.493 e. The van der Waals surface area contributed by atoms with Crippen molar-refractivity contribution >= 4 is 17.3 Å². The number of benzene rings is 1. The second-order valence-electron chi connectivity index (χ2n) is 6.10. The summed E-state index contributed by atoms with van der Waals surface area (Å²) in [6, 6.07) is 10.6. The Morgan fingerprint density at radius 3 is 2.82 bits per heavy atom. The van der Waals surface area contributed by atoms with Crippen molar-refractivity contribution in [1.82, 2.24) is 4.90 Å². The summed E-state index contributed by atoms with van der Waals surface area (Å²) < 4.78 is 5.89. The Kier molecular flexibility index (Phi) is 5.96. The van der Waals surface area contributed by atoms with Crippen LogP contribution in [0.5, 0.6) is 0 Å². The number of aliphatic hydroxyl groups excluding tert-OH is 1. The van der Waals surface area contributed by atoms with Gasteiger partial charge in [0.25, 0.3) is 0 Å². The van der Waals surface area contributed by atoms with Crippen LogP contribution in [0.2, 0.25) is 0 Å². The van der Waals surface area contributed by atoms with Crippen LogP contribution in [-0.2, 0) is 11.3 Å². The summed E-state index contributed by atoms with van der Waals surface area (Å²) in [7, 11) is 0. The number of ether oxygens (including phenoxy) is 1. The van der Waals surface area contributed by atoms with Gasteiger partial charge in [0.15, 0.2) is 0 Å². The summed E-state index contributed by atoms with van der Waals surface area (Å²) in [5, 5.41) is 8.86. The van der Waals surface area contributed by atoms with Crippen LogP contribution in [-0.4, -0.2) is 39.8 Å². The van der Waals surface area contributed by atoms with Gasteiger partial charge in [-0.15, -0.1) is 0 Å². The highest BCUT2D eigenvalue weighted by atomic mass is 32.1. The minimum atomic E-state index is -0.315. The van der Waals surface area contributed by atoms with Crippen molar-refractivity contribution in [1.29, 1.82) is 0 Å². The van der Waals surface area contributed by atoms with Gasteiger partial charge in [0.2, 0.25) is 5.05 Å². The van der Waals surface area contributed by atoms with Crippen molar-refractivity contribution in [3.8, 4) is 11.8 Å². The van der Waals surface area contributed by atoms with Crippen LogP contribution in [0.1, 0.15) is 32.3 Å². The molecule has 1 aromatic rings. The minimum absolute atomic E-state index is 0.246. The van der Waals surface area contributed by atoms with Crippen LogP contribution < -0.4 is 0 Å². The van der Waals surface area contributed by atoms with Gasteiger partial charge >= 0.3 is 0 Å². The van der Waals surface area contributed by atoms with E-state index in [1.54, 1.807) is 0 Å². The number of aliphatic hydroxyl groups is 1. The lowest BCUT2D eigenvalue weighted by atomic mass is 10.0. The number of rotatable bonds is 5. The minimum Gasteiger partial charge on any atom is -0.493 e. The highest BCUT2D eigenvalue weighted by Crippen LogP contribution is 2.26. The van der Waals surface area contributed by atoms with Crippen molar-refractivity contribution in [3.05, 3.63) is 35.9 Å². The van der Waals surface area contributed by atoms with E-state index >= 15 is 0 Å². The Balaban J connectivity index is 1.90. The zero-order chi connectivity index (χ0) is 16.0. The van der Waals surface area contributed by atoms with Crippen LogP contribution >= 0.6 is 12.2 Å². The molecule has 0 aliphatic carbocycles. The molecular formula is C18H23NO2S. The van der Waals surface area contributed by atoms with E-state index in [0.717, 1.165) is 19.4 Å². The fourth-order valence-electron chi connectivity index (χ4n) is 2.91. The summed E-state index contributed by atoms with van der Waals surface area (Å²) in [5.41, 5.74) is 0.876. The van der Waals surface area contributed by atoms with E-state index in [4.69, 9.17) is 9.84 Å². The van der Waals surface area contributed by atoms with E-state index in [2.05, 4.69) is 54.9 Å². The standard InChI is InChI=1S/C18H23NO2S/c1-18(2,11-10-17(20)22)19-12-6-9-16(19)14-21-13-15-7-4-3-5-8-15/h3-5,7-8,16H,6,9,12-14H2,1-2H3,(H,20,22)/t16-/m0/s1. The van der Waals surface area contributed by atoms with Crippen molar-refractivity contribution in [2.24, 2.45) is 0 Å². The molecule has 1 atom stereocenters. The van der Waals surface area contributed by atoms with Crippen LogP contribution in [0, 0.1) is 11.8 Å². The third kappa shape index (κ3) is 4.81. The lowest BCUT2D eigenvalue weighted by Crippen LogP contribution is -2.47. The molecule has 0 amide bonds. The summed E-state index contributed by atoms with van der Waals surface area (Å²) in [5.74, 6) is 5.69. The maximum Gasteiger partial charge on any atom is 0.234 e. The molecule has 2 rings (SSSR count). The van der Waals surface area contributed by atoms with Gasteiger partial charge in [0.05, 0.1) is 18.8 Å². The molecule has 3 nitrogen and oxygen atoms in total. The highest BCUT2D eigenvalue weighted by molar-refractivity contribution is 7.80. The van der Waals surface area contributed by atoms with Gasteiger partial charge in [-0.3, -0.25) is 4.90 Å². The van der Waals surface area contributed by atoms with Gasteiger partial charge in [0, 0.05) is 12.6 Å². The summed E-state index contributed by atoms with van der Waals surface area (Å²) >= 11 is 4.63. The number of hydrogen-bond acceptors (Lipinski definition) is 3. The molecule has 0 bridgehead atoms. The third-order valence-corrected chi connectivity index (χ3v) is 4.09. The van der Waals surface area contributed by atoms with Crippen LogP contribution in [0.3, 0.4) is 0 Å². The Morgan fingerprint density at radius 1 is 1.41 bits per heavy atom. The first-order valence-electron chi connectivity index (χ1n) is 7.63. The normalized spacial score (nSPS) is 18.7. The zero-order valence-corrected chi connectivity index (χ0v) is 14.0. The smallest absolute Gasteiger partial charge is 0.234 e. The molecule has 1 aromatic carbocycles. The van der Waals surface area contributed by atoms with E-state index in [-0.39, 0.29) is 10.6 Å². The van der Waals surface area contributed by atoms with E-state index in [1.165, 1.54) is 5.56 Å². The van der Waals surface area contributed by atoms with E-state index in [9.17, 15) is 0 Å². The quantitative estimate of drug-likeness (QED) is 0.667. The Labute approximate surface area is 138 Å². The lowest BCUT2D eigenvalue weighted by molar-refractivity contribution is 0.0427. The zero-order valence-electron chi connectivity index (χ0n) is 13.2. The van der Waals surface area contributed by atoms with Gasteiger partial charge in [0.1, 0.15) is 0 Å². The van der Waals surface area contributed by atoms with Crippen molar-refractivity contribution in [2.75, 3.05) is 13.2 Å². The average Bonchev–Trinajstić information content (AvgIpc) is 2.96. The Bertz CT molecular complexity index is 559. The van der Waals surface area contributed by atoms with E-state index in [0.29, 0.717) is 19.3 Å². The predicted octanol–water partition coefficient (Wildman–Crippen LogP) is 3.34. The second-order valence-corrected chi connectivity index (χ2v) is 6.49. The molecule has 1 aliphatic rings. The average molecular weight is 317 g/mol. The number of thiocarbonyl (C=S) groups is 1. The molecule has 1 fully saturated rings. The molecule has 1 aliphatic heterocycles. The number of nitrogens with zero attached hydrogens (tertiary/aromatic N) is 1. The highest BCUT2D eigenvalue weighted by Gasteiger charge is 2.34. The molecule has 1 saturated heterocycles. The first kappa shape index (κ1) is 17.0. The summed E-state index contributed by atoms with van der Waals surface area (Å²) in [6.07, 6.45) is 2.26. The molecule has 4 heteroatoms. The maximum absolute atomic E-state index is 9.11. The van der Waals surface area contributed by atoms with Gasteiger partial charge in [-0.25, -0.2) is 0 Å². The molecule has 1 heterocycles. The van der Waals surface area contributed by atoms with Gasteiger partial charge < -0.3 is 9.84 Å². The summed E-state index contributed by atoms with van der Waals surface area (Å²) in [6.45, 7) is 6.46. The lowest BCUT2D eigenvalue weighted by Gasteiger charge is -2.35. The molecule has 1 N–H and O–H groups in total. The monoisotopic (exact) mass is 317 g/mol. The number of likely N-dealkylation sites (tertiary alicyclic amines) is 1. The van der Waals surface area contributed by atoms with Crippen molar-refractivity contribution in [3.63, 3.8) is 0 Å². The molecule has 0 unspecified atom stereocenters. The van der Waals surface area contributed by atoms with Crippen LogP contribution in [0.25, 0.3) is 0 Å². The first-order chi connectivity index (χ1) is 10.5. The molecule has 0 radical (unpaired) electrons. The van der Waals surface area contributed by atoms with Crippen molar-refractivity contribution < 1.29 is 9.84 Å². The molecule has 0 saturated carbocycles. The predicted molar refractivity (Wildman–Crippen MR) is 92.9 cm³/mol. The fourth-order valence-corrected chi connectivity index (χ4v) is 2.96. The van der Waals surface area contributed by atoms with Crippen LogP contribution in [0.4, 0.5) is 0 Å². The van der Waals surface area contributed by atoms with Gasteiger partial charge in [-0.1, -0.05) is 36.3 Å². The van der Waals surface area contributed by atoms with E-state index < -0.39 is 0 Å². The number of hydrogen-bond donors (Lipinski definition) is 1. The van der Waals surface area contributed by atoms with Gasteiger partial charge in [-0.05, 0) is 50.4 Å². The van der Waals surface area contributed by atoms with E-state index in [1.807, 2.05) is 18.2 Å². The third-order valence-electron chi connectivity index (χ3n) is 3.99. The van der Waals surface area contributed by atoms with Crippen LogP contribution in [0.15, 0.2) is 30.3 Å². The Morgan fingerprint density at radius 2 is 2.14 bits per heavy atom. The Hall–Kier alpha value is -1.41. The second kappa shape index (κ2) is 7.73. The molecule has 22 heavy (non-hydrogen) atoms. The molecule has 118 valence electrons. The first-order valence-corrected chi connectivity index (χ1v) is 8.04. The maximum atomic E-state index is 9.11. The summed E-state index contributed by atoms with van der Waals surface area (Å²) in [4.78, 5) is 2.35. The molecular weight excluding hydrogens is 294 g/mol. The topological polar surface area (TPSA) is 32.7 Å². The van der Waals surface area contributed by atoms with Gasteiger partial charge in [-0.2, -0.15) is 0 Å². The molecule has 0 spiro atoms. The molecule has 0 aromatic heterocycles. The SMILES string of the molecule is CC(C)(C#CC(O)=S)N1CCC[C@H]1COCc1ccccc1. The fraction of sp³-hybridized carbons (Fsp3) is 0.500. The van der Waals surface area contributed by atoms with Crippen molar-refractivity contribution in [2.45, 2.75) is 44.9 Å².